The van der Waals surface area contributed by atoms with Crippen molar-refractivity contribution in [1.82, 2.24) is 0 Å². The average molecular weight is 594 g/mol. The maximum Gasteiger partial charge on any atom is 0.168 e. The number of hydrogen-bond donors (Lipinski definition) is 0. The fourth-order valence-corrected chi connectivity index (χ4v) is 9.89. The van der Waals surface area contributed by atoms with Gasteiger partial charge in [0.2, 0.25) is 0 Å². The number of ether oxygens (including phenoxy) is 2. The van der Waals surface area contributed by atoms with Crippen molar-refractivity contribution in [1.29, 1.82) is 0 Å². The lowest BCUT2D eigenvalue weighted by Gasteiger charge is -2.28. The van der Waals surface area contributed by atoms with Gasteiger partial charge in [0.15, 0.2) is 11.5 Å². The second-order valence-electron chi connectivity index (χ2n) is 9.49. The molecular formula is C35H30BrO2P. The van der Waals surface area contributed by atoms with Gasteiger partial charge in [-0.2, -0.15) is 0 Å². The number of methoxy groups -OCH3 is 2. The van der Waals surface area contributed by atoms with Crippen molar-refractivity contribution in [2.24, 2.45) is 0 Å². The van der Waals surface area contributed by atoms with Crippen LogP contribution in [0.15, 0.2) is 133 Å². The van der Waals surface area contributed by atoms with E-state index in [2.05, 4.69) is 127 Å². The number of fused-ring (bicyclic) bond motifs is 3. The van der Waals surface area contributed by atoms with Gasteiger partial charge in [0.05, 0.1) is 20.4 Å². The Hall–Kier alpha value is -3.65. The van der Waals surface area contributed by atoms with Gasteiger partial charge in [-0.05, 0) is 82.4 Å². The monoisotopic (exact) mass is 592 g/mol. The molecule has 6 rings (SSSR count). The Morgan fingerprint density at radius 3 is 1.54 bits per heavy atom. The summed E-state index contributed by atoms with van der Waals surface area (Å²) in [5.74, 6) is 1.53. The van der Waals surface area contributed by atoms with Crippen molar-refractivity contribution >= 4 is 44.7 Å². The molecular weight excluding hydrogens is 563 g/mol. The van der Waals surface area contributed by atoms with Gasteiger partial charge >= 0.3 is 0 Å². The van der Waals surface area contributed by atoms with Crippen LogP contribution in [0.1, 0.15) is 5.56 Å². The Morgan fingerprint density at radius 2 is 1.03 bits per heavy atom. The molecule has 0 radical (unpaired) electrons. The zero-order valence-electron chi connectivity index (χ0n) is 22.1. The van der Waals surface area contributed by atoms with Gasteiger partial charge in [0.1, 0.15) is 23.2 Å². The zero-order chi connectivity index (χ0) is 26.0. The van der Waals surface area contributed by atoms with Crippen molar-refractivity contribution < 1.29 is 26.5 Å². The molecule has 194 valence electrons. The molecule has 0 aliphatic carbocycles. The number of rotatable bonds is 7. The van der Waals surface area contributed by atoms with Crippen molar-refractivity contribution in [3.05, 3.63) is 139 Å². The summed E-state index contributed by atoms with van der Waals surface area (Å²) in [6.07, 6.45) is 0.949. The van der Waals surface area contributed by atoms with Gasteiger partial charge in [-0.25, -0.2) is 0 Å². The summed E-state index contributed by atoms with van der Waals surface area (Å²) in [6.45, 7) is 0. The maximum atomic E-state index is 5.71. The third kappa shape index (κ3) is 4.82. The summed E-state index contributed by atoms with van der Waals surface area (Å²) < 4.78 is 11.2. The standard InChI is InChI=1S/C35H30O2P.BrH/c1-36-34-23-22-32-31-20-18-26(24-27(31)19-21-33(32)35(34)37-2)25-38(28-12-6-3-7-13-28,29-14-8-4-9-15-29)30-16-10-5-11-17-30;/h3-24H,25H2,1-2H3;1H/q+1;/p-1. The highest BCUT2D eigenvalue weighted by Crippen LogP contribution is 2.58. The first-order chi connectivity index (χ1) is 18.7. The molecule has 0 aliphatic heterocycles. The van der Waals surface area contributed by atoms with Gasteiger partial charge in [-0.1, -0.05) is 72.8 Å². The van der Waals surface area contributed by atoms with E-state index in [0.717, 1.165) is 23.0 Å². The Morgan fingerprint density at radius 1 is 0.513 bits per heavy atom. The van der Waals surface area contributed by atoms with Crippen molar-refractivity contribution in [2.75, 3.05) is 14.2 Å². The van der Waals surface area contributed by atoms with Crippen LogP contribution in [0, 0.1) is 0 Å². The average Bonchev–Trinajstić information content (AvgIpc) is 3.00. The predicted octanol–water partition coefficient (Wildman–Crippen LogP) is 4.51. The van der Waals surface area contributed by atoms with Crippen LogP contribution in [0.5, 0.6) is 11.5 Å². The summed E-state index contributed by atoms with van der Waals surface area (Å²) in [5.41, 5.74) is 1.34. The van der Waals surface area contributed by atoms with E-state index in [1.165, 1.54) is 37.6 Å². The third-order valence-electron chi connectivity index (χ3n) is 7.43. The molecule has 0 N–H and O–H groups in total. The molecule has 0 aromatic heterocycles. The van der Waals surface area contributed by atoms with E-state index in [1.807, 2.05) is 6.07 Å². The molecule has 0 unspecified atom stereocenters. The summed E-state index contributed by atoms with van der Waals surface area (Å²) in [7, 11) is 1.42. The summed E-state index contributed by atoms with van der Waals surface area (Å²) >= 11 is 0. The molecule has 0 bridgehead atoms. The lowest BCUT2D eigenvalue weighted by Crippen LogP contribution is -3.00. The molecule has 6 aromatic carbocycles. The Bertz CT molecular complexity index is 1610. The van der Waals surface area contributed by atoms with E-state index < -0.39 is 7.26 Å². The summed E-state index contributed by atoms with van der Waals surface area (Å²) in [4.78, 5) is 0. The fourth-order valence-electron chi connectivity index (χ4n) is 5.66. The first-order valence-electron chi connectivity index (χ1n) is 12.9. The molecule has 0 heterocycles. The van der Waals surface area contributed by atoms with E-state index in [1.54, 1.807) is 14.2 Å². The molecule has 39 heavy (non-hydrogen) atoms. The van der Waals surface area contributed by atoms with E-state index in [4.69, 9.17) is 9.47 Å². The topological polar surface area (TPSA) is 18.5 Å². The van der Waals surface area contributed by atoms with Crippen LogP contribution in [0.4, 0.5) is 0 Å². The summed E-state index contributed by atoms with van der Waals surface area (Å²) in [5, 5.41) is 8.87. The lowest BCUT2D eigenvalue weighted by atomic mass is 9.99. The number of benzene rings is 6. The minimum atomic E-state index is -1.96. The van der Waals surface area contributed by atoms with Crippen molar-refractivity contribution in [3.63, 3.8) is 0 Å². The molecule has 6 aromatic rings. The van der Waals surface area contributed by atoms with Gasteiger partial charge in [0, 0.05) is 5.39 Å². The molecule has 0 aliphatic rings. The minimum Gasteiger partial charge on any atom is -1.00 e. The van der Waals surface area contributed by atoms with Crippen LogP contribution in [-0.2, 0) is 6.16 Å². The highest BCUT2D eigenvalue weighted by molar-refractivity contribution is 7.95. The Labute approximate surface area is 241 Å². The van der Waals surface area contributed by atoms with Crippen LogP contribution >= 0.6 is 7.26 Å². The molecule has 2 nitrogen and oxygen atoms in total. The molecule has 4 heteroatoms. The van der Waals surface area contributed by atoms with Crippen LogP contribution in [0.25, 0.3) is 21.5 Å². The van der Waals surface area contributed by atoms with Crippen LogP contribution in [0.3, 0.4) is 0 Å². The Balaban J connectivity index is 0.00000308. The van der Waals surface area contributed by atoms with E-state index >= 15 is 0 Å². The highest BCUT2D eigenvalue weighted by atomic mass is 79.9. The quantitative estimate of drug-likeness (QED) is 0.201. The first kappa shape index (κ1) is 26.9. The van der Waals surface area contributed by atoms with Crippen LogP contribution in [-0.4, -0.2) is 14.2 Å². The maximum absolute atomic E-state index is 5.71. The fraction of sp³-hybridized carbons (Fsp3) is 0.0857. The van der Waals surface area contributed by atoms with E-state index in [9.17, 15) is 0 Å². The first-order valence-corrected chi connectivity index (χ1v) is 14.8. The Kier molecular flexibility index (Phi) is 8.02. The second kappa shape index (κ2) is 11.6. The van der Waals surface area contributed by atoms with Crippen molar-refractivity contribution in [3.8, 4) is 11.5 Å². The predicted molar refractivity (Wildman–Crippen MR) is 163 cm³/mol. The molecule has 0 fully saturated rings. The normalized spacial score (nSPS) is 11.2. The van der Waals surface area contributed by atoms with Gasteiger partial charge in [-0.15, -0.1) is 0 Å². The number of hydrogen-bond acceptors (Lipinski definition) is 2. The highest BCUT2D eigenvalue weighted by Gasteiger charge is 2.45. The van der Waals surface area contributed by atoms with Crippen LogP contribution < -0.4 is 42.4 Å². The largest absolute Gasteiger partial charge is 1.00 e. The van der Waals surface area contributed by atoms with Gasteiger partial charge in [0.25, 0.3) is 0 Å². The smallest absolute Gasteiger partial charge is 0.168 e. The van der Waals surface area contributed by atoms with Crippen molar-refractivity contribution in [2.45, 2.75) is 6.16 Å². The molecule has 0 amide bonds. The molecule has 0 saturated carbocycles. The molecule has 0 spiro atoms. The number of halogens is 1. The van der Waals surface area contributed by atoms with E-state index in [-0.39, 0.29) is 17.0 Å². The minimum absolute atomic E-state index is 0. The molecule has 0 saturated heterocycles. The van der Waals surface area contributed by atoms with E-state index in [0.29, 0.717) is 0 Å². The third-order valence-corrected chi connectivity index (χ3v) is 11.8. The zero-order valence-corrected chi connectivity index (χ0v) is 24.5. The van der Waals surface area contributed by atoms with Gasteiger partial charge < -0.3 is 26.5 Å². The SMILES string of the molecule is COc1ccc2c(ccc3cc(C[P+](c4ccccc4)(c4ccccc4)c4ccccc4)ccc32)c1OC.[Br-]. The van der Waals surface area contributed by atoms with Crippen LogP contribution in [0.2, 0.25) is 0 Å². The second-order valence-corrected chi connectivity index (χ2v) is 13.0. The van der Waals surface area contributed by atoms with Gasteiger partial charge in [-0.3, -0.25) is 0 Å². The molecule has 0 atom stereocenters. The summed E-state index contributed by atoms with van der Waals surface area (Å²) in [6, 6.07) is 48.6. The lowest BCUT2D eigenvalue weighted by molar-refractivity contribution is -0.00000778.